The Morgan fingerprint density at radius 3 is 2.36 bits per heavy atom. The van der Waals surface area contributed by atoms with Crippen LogP contribution in [0.5, 0.6) is 0 Å². The maximum atomic E-state index is 12.7. The first kappa shape index (κ1) is 18.4. The van der Waals surface area contributed by atoms with Crippen molar-refractivity contribution in [3.8, 4) is 5.69 Å². The molecule has 1 heterocycles. The van der Waals surface area contributed by atoms with Crippen LogP contribution >= 0.6 is 15.9 Å². The minimum absolute atomic E-state index is 0.0769. The standard InChI is InChI=1S/C21H19BrN4O2/c1-13-19(12-23-26(13)18-10-4-15(22)5-11-18)21(28)25-16-6-2-14(3-7-16)20(27)24-17-8-9-17/h2-7,10-12,17H,8-9H2,1H3,(H,24,27)(H,25,28). The highest BCUT2D eigenvalue weighted by molar-refractivity contribution is 9.10. The maximum absolute atomic E-state index is 12.7. The second-order valence-corrected chi connectivity index (χ2v) is 7.73. The van der Waals surface area contributed by atoms with Gasteiger partial charge < -0.3 is 10.6 Å². The quantitative estimate of drug-likeness (QED) is 0.629. The summed E-state index contributed by atoms with van der Waals surface area (Å²) in [4.78, 5) is 24.7. The first-order valence-electron chi connectivity index (χ1n) is 9.04. The molecule has 1 aliphatic rings. The number of anilines is 1. The molecule has 1 saturated carbocycles. The van der Waals surface area contributed by atoms with Crippen molar-refractivity contribution in [3.63, 3.8) is 0 Å². The van der Waals surface area contributed by atoms with Crippen LogP contribution in [0.1, 0.15) is 39.3 Å². The monoisotopic (exact) mass is 438 g/mol. The molecule has 1 fully saturated rings. The predicted octanol–water partition coefficient (Wildman–Crippen LogP) is 4.09. The fraction of sp³-hybridized carbons (Fsp3) is 0.190. The van der Waals surface area contributed by atoms with Gasteiger partial charge in [0.25, 0.3) is 11.8 Å². The summed E-state index contributed by atoms with van der Waals surface area (Å²) in [6.07, 6.45) is 3.66. The van der Waals surface area contributed by atoms with Crippen LogP contribution in [-0.4, -0.2) is 27.6 Å². The fourth-order valence-corrected chi connectivity index (χ4v) is 3.14. The van der Waals surface area contributed by atoms with Crippen molar-refractivity contribution < 1.29 is 9.59 Å². The lowest BCUT2D eigenvalue weighted by molar-refractivity contribution is 0.0950. The molecule has 142 valence electrons. The minimum Gasteiger partial charge on any atom is -0.349 e. The van der Waals surface area contributed by atoms with E-state index in [1.165, 1.54) is 0 Å². The smallest absolute Gasteiger partial charge is 0.259 e. The van der Waals surface area contributed by atoms with E-state index in [0.717, 1.165) is 28.7 Å². The highest BCUT2D eigenvalue weighted by atomic mass is 79.9. The third-order valence-corrected chi connectivity index (χ3v) is 5.17. The van der Waals surface area contributed by atoms with Crippen molar-refractivity contribution in [3.05, 3.63) is 76.0 Å². The van der Waals surface area contributed by atoms with E-state index in [9.17, 15) is 9.59 Å². The molecule has 0 bridgehead atoms. The number of nitrogens with one attached hydrogen (secondary N) is 2. The van der Waals surface area contributed by atoms with Crippen LogP contribution in [-0.2, 0) is 0 Å². The number of rotatable bonds is 5. The van der Waals surface area contributed by atoms with Gasteiger partial charge >= 0.3 is 0 Å². The molecule has 7 heteroatoms. The zero-order valence-corrected chi connectivity index (χ0v) is 16.9. The van der Waals surface area contributed by atoms with Gasteiger partial charge in [0, 0.05) is 21.8 Å². The van der Waals surface area contributed by atoms with Crippen LogP contribution in [0.4, 0.5) is 5.69 Å². The van der Waals surface area contributed by atoms with E-state index < -0.39 is 0 Å². The lowest BCUT2D eigenvalue weighted by atomic mass is 10.2. The summed E-state index contributed by atoms with van der Waals surface area (Å²) in [6.45, 7) is 1.86. The van der Waals surface area contributed by atoms with E-state index >= 15 is 0 Å². The zero-order chi connectivity index (χ0) is 19.7. The Hall–Kier alpha value is -2.93. The topological polar surface area (TPSA) is 76.0 Å². The normalized spacial score (nSPS) is 13.2. The number of benzene rings is 2. The van der Waals surface area contributed by atoms with Crippen LogP contribution in [0.2, 0.25) is 0 Å². The van der Waals surface area contributed by atoms with Crippen molar-refractivity contribution in [2.75, 3.05) is 5.32 Å². The highest BCUT2D eigenvalue weighted by Gasteiger charge is 2.23. The molecule has 0 saturated heterocycles. The second-order valence-electron chi connectivity index (χ2n) is 6.81. The number of amides is 2. The molecule has 1 aromatic heterocycles. The Kier molecular flexibility index (Phi) is 5.00. The molecule has 0 aliphatic heterocycles. The van der Waals surface area contributed by atoms with Gasteiger partial charge in [0.15, 0.2) is 0 Å². The molecule has 1 aliphatic carbocycles. The van der Waals surface area contributed by atoms with Gasteiger partial charge in [-0.1, -0.05) is 15.9 Å². The zero-order valence-electron chi connectivity index (χ0n) is 15.3. The average molecular weight is 439 g/mol. The molecule has 4 rings (SSSR count). The van der Waals surface area contributed by atoms with Gasteiger partial charge in [0.1, 0.15) is 0 Å². The van der Waals surface area contributed by atoms with Gasteiger partial charge in [0.05, 0.1) is 23.1 Å². The van der Waals surface area contributed by atoms with E-state index in [1.54, 1.807) is 35.1 Å². The van der Waals surface area contributed by atoms with Crippen molar-refractivity contribution >= 4 is 33.4 Å². The SMILES string of the molecule is Cc1c(C(=O)Nc2ccc(C(=O)NC3CC3)cc2)cnn1-c1ccc(Br)cc1. The Balaban J connectivity index is 1.46. The van der Waals surface area contributed by atoms with Crippen molar-refractivity contribution in [2.24, 2.45) is 0 Å². The fourth-order valence-electron chi connectivity index (χ4n) is 2.87. The van der Waals surface area contributed by atoms with E-state index in [-0.39, 0.29) is 11.8 Å². The van der Waals surface area contributed by atoms with Crippen LogP contribution < -0.4 is 10.6 Å². The maximum Gasteiger partial charge on any atom is 0.259 e. The van der Waals surface area contributed by atoms with E-state index in [0.29, 0.717) is 22.9 Å². The molecule has 2 amide bonds. The summed E-state index contributed by atoms with van der Waals surface area (Å²) in [5, 5.41) is 10.1. The average Bonchev–Trinajstić information content (AvgIpc) is 3.42. The Bertz CT molecular complexity index is 1020. The van der Waals surface area contributed by atoms with Crippen LogP contribution in [0.15, 0.2) is 59.2 Å². The van der Waals surface area contributed by atoms with Gasteiger partial charge in [-0.05, 0) is 68.3 Å². The largest absolute Gasteiger partial charge is 0.349 e. The van der Waals surface area contributed by atoms with Gasteiger partial charge in [-0.2, -0.15) is 5.10 Å². The molecular formula is C21H19BrN4O2. The number of hydrogen-bond donors (Lipinski definition) is 2. The third kappa shape index (κ3) is 3.99. The first-order valence-corrected chi connectivity index (χ1v) is 9.83. The van der Waals surface area contributed by atoms with E-state index in [4.69, 9.17) is 0 Å². The number of carbonyl (C=O) groups excluding carboxylic acids is 2. The summed E-state index contributed by atoms with van der Waals surface area (Å²) in [6, 6.07) is 14.9. The molecule has 2 N–H and O–H groups in total. The summed E-state index contributed by atoms with van der Waals surface area (Å²) in [5.74, 6) is -0.317. The second kappa shape index (κ2) is 7.59. The molecule has 0 unspecified atom stereocenters. The number of hydrogen-bond acceptors (Lipinski definition) is 3. The number of nitrogens with zero attached hydrogens (tertiary/aromatic N) is 2. The van der Waals surface area contributed by atoms with Crippen LogP contribution in [0, 0.1) is 6.92 Å². The van der Waals surface area contributed by atoms with Gasteiger partial charge in [-0.25, -0.2) is 4.68 Å². The highest BCUT2D eigenvalue weighted by Crippen LogP contribution is 2.21. The van der Waals surface area contributed by atoms with Gasteiger partial charge in [0.2, 0.25) is 0 Å². The lowest BCUT2D eigenvalue weighted by Gasteiger charge is -2.08. The Labute approximate surface area is 171 Å². The molecule has 0 spiro atoms. The molecular weight excluding hydrogens is 420 g/mol. The summed E-state index contributed by atoms with van der Waals surface area (Å²) >= 11 is 3.41. The summed E-state index contributed by atoms with van der Waals surface area (Å²) in [7, 11) is 0. The molecule has 0 atom stereocenters. The summed E-state index contributed by atoms with van der Waals surface area (Å²) in [5.41, 5.74) is 3.34. The van der Waals surface area contributed by atoms with Gasteiger partial charge in [-0.3, -0.25) is 9.59 Å². The van der Waals surface area contributed by atoms with Crippen molar-refractivity contribution in [2.45, 2.75) is 25.8 Å². The molecule has 28 heavy (non-hydrogen) atoms. The molecule has 0 radical (unpaired) electrons. The molecule has 6 nitrogen and oxygen atoms in total. The molecule has 2 aromatic carbocycles. The third-order valence-electron chi connectivity index (χ3n) is 4.64. The number of halogens is 1. The van der Waals surface area contributed by atoms with Crippen molar-refractivity contribution in [1.82, 2.24) is 15.1 Å². The van der Waals surface area contributed by atoms with Crippen molar-refractivity contribution in [1.29, 1.82) is 0 Å². The van der Waals surface area contributed by atoms with E-state index in [1.807, 2.05) is 31.2 Å². The summed E-state index contributed by atoms with van der Waals surface area (Å²) < 4.78 is 2.71. The van der Waals surface area contributed by atoms with Gasteiger partial charge in [-0.15, -0.1) is 0 Å². The van der Waals surface area contributed by atoms with Crippen LogP contribution in [0.3, 0.4) is 0 Å². The van der Waals surface area contributed by atoms with E-state index in [2.05, 4.69) is 31.7 Å². The molecule has 3 aromatic rings. The number of carbonyl (C=O) groups is 2. The predicted molar refractivity (Wildman–Crippen MR) is 111 cm³/mol. The lowest BCUT2D eigenvalue weighted by Crippen LogP contribution is -2.25. The minimum atomic E-state index is -0.240. The first-order chi connectivity index (χ1) is 13.5. The Morgan fingerprint density at radius 2 is 1.71 bits per heavy atom. The van der Waals surface area contributed by atoms with Crippen LogP contribution in [0.25, 0.3) is 5.69 Å². The number of aromatic nitrogens is 2. The Morgan fingerprint density at radius 1 is 1.04 bits per heavy atom.